The van der Waals surface area contributed by atoms with Crippen LogP contribution in [0.5, 0.6) is 0 Å². The van der Waals surface area contributed by atoms with E-state index >= 15 is 0 Å². The predicted molar refractivity (Wildman–Crippen MR) is 118 cm³/mol. The van der Waals surface area contributed by atoms with Gasteiger partial charge in [0.1, 0.15) is 11.5 Å². The molecule has 0 bridgehead atoms. The maximum absolute atomic E-state index is 13.7. The van der Waals surface area contributed by atoms with Crippen molar-refractivity contribution in [2.45, 2.75) is 50.6 Å². The molecule has 4 rings (SSSR count). The van der Waals surface area contributed by atoms with Crippen LogP contribution in [0, 0.1) is 5.82 Å². The van der Waals surface area contributed by atoms with Crippen LogP contribution in [-0.2, 0) is 17.8 Å². The van der Waals surface area contributed by atoms with E-state index in [1.165, 1.54) is 6.07 Å². The first kappa shape index (κ1) is 22.8. The van der Waals surface area contributed by atoms with Crippen LogP contribution in [0.15, 0.2) is 18.2 Å². The molecule has 32 heavy (non-hydrogen) atoms. The summed E-state index contributed by atoms with van der Waals surface area (Å²) < 4.78 is 15.3. The van der Waals surface area contributed by atoms with Gasteiger partial charge in [0, 0.05) is 22.9 Å². The lowest BCUT2D eigenvalue weighted by Gasteiger charge is -2.40. The van der Waals surface area contributed by atoms with Crippen molar-refractivity contribution in [2.75, 3.05) is 11.9 Å². The molecule has 0 unspecified atom stereocenters. The van der Waals surface area contributed by atoms with Gasteiger partial charge in [-0.25, -0.2) is 4.39 Å². The zero-order chi connectivity index (χ0) is 23.0. The molecule has 10 heteroatoms. The highest BCUT2D eigenvalue weighted by Gasteiger charge is 2.41. The Kier molecular flexibility index (Phi) is 6.29. The van der Waals surface area contributed by atoms with Crippen molar-refractivity contribution in [1.82, 2.24) is 9.88 Å². The van der Waals surface area contributed by atoms with Gasteiger partial charge >= 0.3 is 0 Å². The van der Waals surface area contributed by atoms with Crippen molar-refractivity contribution in [3.63, 3.8) is 0 Å². The lowest BCUT2D eigenvalue weighted by molar-refractivity contribution is -0.120. The molecule has 170 valence electrons. The largest absolute Gasteiger partial charge is 0.394 e. The number of aromatic nitrogens is 1. The van der Waals surface area contributed by atoms with Crippen LogP contribution in [0.3, 0.4) is 0 Å². The average Bonchev–Trinajstić information content (AvgIpc) is 3.01. The Balaban J connectivity index is 1.66. The van der Waals surface area contributed by atoms with Crippen LogP contribution in [0.2, 0.25) is 10.0 Å². The fourth-order valence-corrected chi connectivity index (χ4v) is 4.91. The van der Waals surface area contributed by atoms with Crippen molar-refractivity contribution in [2.24, 2.45) is 0 Å². The SMILES string of the molecule is O=C(NC1(CO)CCC1)C(=O)c1c(Cl)c(C(=O)Nc2cc(F)cc(Cl)c2)c2n1CCCC2. The van der Waals surface area contributed by atoms with Gasteiger partial charge in [-0.05, 0) is 56.7 Å². The van der Waals surface area contributed by atoms with Gasteiger partial charge in [-0.15, -0.1) is 0 Å². The van der Waals surface area contributed by atoms with E-state index in [-0.39, 0.29) is 33.6 Å². The monoisotopic (exact) mass is 481 g/mol. The standard InChI is InChI=1S/C22H22Cl2FN3O4/c23-12-8-13(25)10-14(9-12)26-20(31)16-15-4-1-2-7-28(15)18(17(16)24)19(30)21(32)27-22(11-29)5-3-6-22/h8-10,29H,1-7,11H2,(H,26,31)(H,27,32). The third-order valence-electron chi connectivity index (χ3n) is 6.12. The average molecular weight is 482 g/mol. The number of halogens is 3. The molecule has 3 N–H and O–H groups in total. The van der Waals surface area contributed by atoms with Crippen LogP contribution in [0.25, 0.3) is 0 Å². The Hall–Kier alpha value is -2.42. The van der Waals surface area contributed by atoms with Gasteiger partial charge in [0.15, 0.2) is 0 Å². The summed E-state index contributed by atoms with van der Waals surface area (Å²) in [5.74, 6) is -2.95. The van der Waals surface area contributed by atoms with Gasteiger partial charge < -0.3 is 20.3 Å². The summed E-state index contributed by atoms with van der Waals surface area (Å²) in [5, 5.41) is 14.8. The van der Waals surface area contributed by atoms with Crippen molar-refractivity contribution in [1.29, 1.82) is 0 Å². The van der Waals surface area contributed by atoms with Crippen LogP contribution in [-0.4, -0.2) is 39.4 Å². The second-order valence-corrected chi connectivity index (χ2v) is 9.09. The number of carbonyl (C=O) groups is 3. The highest BCUT2D eigenvalue weighted by molar-refractivity contribution is 6.48. The molecule has 7 nitrogen and oxygen atoms in total. The number of aliphatic hydroxyl groups excluding tert-OH is 1. The number of Topliss-reactive ketones (excluding diaryl/α,β-unsaturated/α-hetero) is 1. The van der Waals surface area contributed by atoms with E-state index in [4.69, 9.17) is 23.2 Å². The second-order valence-electron chi connectivity index (χ2n) is 8.28. The fourth-order valence-electron chi connectivity index (χ4n) is 4.31. The number of amides is 2. The van der Waals surface area contributed by atoms with Gasteiger partial charge in [0.2, 0.25) is 0 Å². The number of benzene rings is 1. The molecule has 0 spiro atoms. The van der Waals surface area contributed by atoms with Crippen molar-refractivity contribution < 1.29 is 23.9 Å². The third-order valence-corrected chi connectivity index (χ3v) is 6.70. The minimum absolute atomic E-state index is 0.0475. The van der Waals surface area contributed by atoms with E-state index in [2.05, 4.69) is 10.6 Å². The predicted octanol–water partition coefficient (Wildman–Crippen LogP) is 3.74. The molecule has 1 saturated carbocycles. The van der Waals surface area contributed by atoms with Gasteiger partial charge in [0.05, 0.1) is 22.7 Å². The first-order valence-corrected chi connectivity index (χ1v) is 11.2. The number of nitrogens with zero attached hydrogens (tertiary/aromatic N) is 1. The minimum atomic E-state index is -0.865. The minimum Gasteiger partial charge on any atom is -0.394 e. The Labute approximate surface area is 193 Å². The molecular weight excluding hydrogens is 460 g/mol. The number of aliphatic hydroxyl groups is 1. The molecule has 2 amide bonds. The topological polar surface area (TPSA) is 100 Å². The van der Waals surface area contributed by atoms with Gasteiger partial charge in [-0.3, -0.25) is 14.4 Å². The molecule has 2 aliphatic rings. The number of hydrogen-bond donors (Lipinski definition) is 3. The maximum Gasteiger partial charge on any atom is 0.294 e. The first-order chi connectivity index (χ1) is 15.2. The van der Waals surface area contributed by atoms with E-state index in [1.54, 1.807) is 4.57 Å². The molecule has 1 aliphatic heterocycles. The Morgan fingerprint density at radius 3 is 2.50 bits per heavy atom. The molecule has 1 aromatic carbocycles. The normalized spacial score (nSPS) is 16.6. The summed E-state index contributed by atoms with van der Waals surface area (Å²) in [7, 11) is 0. The number of anilines is 1. The summed E-state index contributed by atoms with van der Waals surface area (Å²) in [6.45, 7) is 0.184. The van der Waals surface area contributed by atoms with Gasteiger partial charge in [0.25, 0.3) is 17.6 Å². The highest BCUT2D eigenvalue weighted by atomic mass is 35.5. The molecule has 0 saturated heterocycles. The molecule has 1 aliphatic carbocycles. The van der Waals surface area contributed by atoms with Crippen LogP contribution < -0.4 is 10.6 Å². The lowest BCUT2D eigenvalue weighted by atomic mass is 9.77. The Bertz CT molecular complexity index is 1090. The van der Waals surface area contributed by atoms with Crippen LogP contribution >= 0.6 is 23.2 Å². The third kappa shape index (κ3) is 4.14. The summed E-state index contributed by atoms with van der Waals surface area (Å²) >= 11 is 12.4. The number of rotatable bonds is 6. The quantitative estimate of drug-likeness (QED) is 0.432. The highest BCUT2D eigenvalue weighted by Crippen LogP contribution is 2.35. The van der Waals surface area contributed by atoms with Crippen molar-refractivity contribution in [3.05, 3.63) is 51.0 Å². The zero-order valence-electron chi connectivity index (χ0n) is 17.1. The molecule has 0 atom stereocenters. The molecule has 2 heterocycles. The Morgan fingerprint density at radius 1 is 1.12 bits per heavy atom. The number of fused-ring (bicyclic) bond motifs is 1. The van der Waals surface area contributed by atoms with Crippen molar-refractivity contribution in [3.8, 4) is 0 Å². The van der Waals surface area contributed by atoms with E-state index < -0.39 is 29.0 Å². The maximum atomic E-state index is 13.7. The molecule has 1 fully saturated rings. The Morgan fingerprint density at radius 2 is 1.88 bits per heavy atom. The summed E-state index contributed by atoms with van der Waals surface area (Å²) in [6, 6.07) is 3.62. The van der Waals surface area contributed by atoms with E-state index in [9.17, 15) is 23.9 Å². The fraction of sp³-hybridized carbons (Fsp3) is 0.409. The number of carbonyl (C=O) groups excluding carboxylic acids is 3. The molecule has 1 aromatic heterocycles. The summed E-state index contributed by atoms with van der Waals surface area (Å²) in [6.07, 6.45) is 4.09. The van der Waals surface area contributed by atoms with Crippen molar-refractivity contribution >= 4 is 46.5 Å². The van der Waals surface area contributed by atoms with Crippen LogP contribution in [0.1, 0.15) is 58.6 Å². The summed E-state index contributed by atoms with van der Waals surface area (Å²) in [5.41, 5.74) is -0.0460. The number of ketones is 1. The number of nitrogens with one attached hydrogen (secondary N) is 2. The summed E-state index contributed by atoms with van der Waals surface area (Å²) in [4.78, 5) is 38.8. The van der Waals surface area contributed by atoms with E-state index in [0.717, 1.165) is 31.4 Å². The molecule has 2 aromatic rings. The van der Waals surface area contributed by atoms with Crippen LogP contribution in [0.4, 0.5) is 10.1 Å². The van der Waals surface area contributed by atoms with E-state index in [1.807, 2.05) is 0 Å². The zero-order valence-corrected chi connectivity index (χ0v) is 18.7. The molecule has 0 radical (unpaired) electrons. The van der Waals surface area contributed by atoms with Gasteiger partial charge in [-0.2, -0.15) is 0 Å². The number of hydrogen-bond acceptors (Lipinski definition) is 4. The molecular formula is C22H22Cl2FN3O4. The second kappa shape index (κ2) is 8.84. The smallest absolute Gasteiger partial charge is 0.294 e. The lowest BCUT2D eigenvalue weighted by Crippen LogP contribution is -2.57. The van der Waals surface area contributed by atoms with E-state index in [0.29, 0.717) is 31.5 Å². The first-order valence-electron chi connectivity index (χ1n) is 10.4. The van der Waals surface area contributed by atoms with Gasteiger partial charge in [-0.1, -0.05) is 23.2 Å².